The van der Waals surface area contributed by atoms with Crippen molar-refractivity contribution in [2.45, 2.75) is 19.3 Å². The second-order valence-corrected chi connectivity index (χ2v) is 4.80. The molecule has 2 aromatic rings. The number of rotatable bonds is 2. The molecule has 1 aromatic carbocycles. The number of nitrogens with zero attached hydrogens (tertiary/aromatic N) is 2. The number of carbonyl (C=O) groups is 1. The molecule has 0 radical (unpaired) electrons. The number of carboxylic acids is 1. The Morgan fingerprint density at radius 3 is 2.84 bits per heavy atom. The van der Waals surface area contributed by atoms with Crippen LogP contribution in [0.15, 0.2) is 18.2 Å². The largest absolute Gasteiger partial charge is 0.507 e. The molecule has 19 heavy (non-hydrogen) atoms. The SMILES string of the molecule is Cn1nc(C(=O)O)cc1-c1ccc2c(c1O)CCC2. The third-order valence-corrected chi connectivity index (χ3v) is 3.63. The highest BCUT2D eigenvalue weighted by molar-refractivity contribution is 5.87. The summed E-state index contributed by atoms with van der Waals surface area (Å²) in [5.41, 5.74) is 3.41. The second kappa shape index (κ2) is 4.12. The Morgan fingerprint density at radius 1 is 1.37 bits per heavy atom. The van der Waals surface area contributed by atoms with Crippen molar-refractivity contribution < 1.29 is 15.0 Å². The topological polar surface area (TPSA) is 75.4 Å². The van der Waals surface area contributed by atoms with E-state index in [0.29, 0.717) is 11.3 Å². The Hall–Kier alpha value is -2.30. The molecule has 0 saturated heterocycles. The van der Waals surface area contributed by atoms with Crippen molar-refractivity contribution in [1.82, 2.24) is 9.78 Å². The first-order valence-electron chi connectivity index (χ1n) is 6.19. The molecule has 3 rings (SSSR count). The minimum Gasteiger partial charge on any atom is -0.507 e. The normalized spacial score (nSPS) is 13.5. The monoisotopic (exact) mass is 258 g/mol. The van der Waals surface area contributed by atoms with Gasteiger partial charge in [0.05, 0.1) is 5.69 Å². The van der Waals surface area contributed by atoms with Gasteiger partial charge in [-0.3, -0.25) is 4.68 Å². The summed E-state index contributed by atoms with van der Waals surface area (Å²) < 4.78 is 1.49. The van der Waals surface area contributed by atoms with Crippen LogP contribution in [-0.2, 0) is 19.9 Å². The van der Waals surface area contributed by atoms with E-state index in [4.69, 9.17) is 5.11 Å². The summed E-state index contributed by atoms with van der Waals surface area (Å²) in [6.07, 6.45) is 2.92. The van der Waals surface area contributed by atoms with Crippen molar-refractivity contribution in [1.29, 1.82) is 0 Å². The Morgan fingerprint density at radius 2 is 2.16 bits per heavy atom. The van der Waals surface area contributed by atoms with Crippen molar-refractivity contribution in [2.75, 3.05) is 0 Å². The molecule has 0 atom stereocenters. The number of benzene rings is 1. The van der Waals surface area contributed by atoms with Crippen LogP contribution in [0.2, 0.25) is 0 Å². The lowest BCUT2D eigenvalue weighted by Crippen LogP contribution is -1.99. The molecule has 1 aromatic heterocycles. The molecule has 98 valence electrons. The fraction of sp³-hybridized carbons (Fsp3) is 0.286. The number of fused-ring (bicyclic) bond motifs is 1. The Balaban J connectivity index is 2.15. The maximum absolute atomic E-state index is 10.9. The standard InChI is InChI=1S/C14H14N2O3/c1-16-12(7-11(15-16)14(18)19)10-6-5-8-3-2-4-9(8)13(10)17/h5-7,17H,2-4H2,1H3,(H,18,19). The molecule has 5 nitrogen and oxygen atoms in total. The van der Waals surface area contributed by atoms with Crippen LogP contribution in [0, 0.1) is 0 Å². The number of aryl methyl sites for hydroxylation is 2. The van der Waals surface area contributed by atoms with Gasteiger partial charge >= 0.3 is 5.97 Å². The predicted molar refractivity (Wildman–Crippen MR) is 69.3 cm³/mol. The smallest absolute Gasteiger partial charge is 0.356 e. The van der Waals surface area contributed by atoms with Gasteiger partial charge in [-0.25, -0.2) is 4.79 Å². The van der Waals surface area contributed by atoms with Crippen molar-refractivity contribution in [3.05, 3.63) is 35.0 Å². The molecular weight excluding hydrogens is 244 g/mol. The maximum atomic E-state index is 10.9. The zero-order valence-electron chi connectivity index (χ0n) is 10.6. The van der Waals surface area contributed by atoms with Crippen LogP contribution in [0.3, 0.4) is 0 Å². The van der Waals surface area contributed by atoms with Crippen molar-refractivity contribution in [3.63, 3.8) is 0 Å². The lowest BCUT2D eigenvalue weighted by atomic mass is 10.0. The van der Waals surface area contributed by atoms with Gasteiger partial charge in [0.2, 0.25) is 0 Å². The minimum absolute atomic E-state index is 0.0163. The van der Waals surface area contributed by atoms with Gasteiger partial charge in [0, 0.05) is 12.6 Å². The highest BCUT2D eigenvalue weighted by Gasteiger charge is 2.21. The van der Waals surface area contributed by atoms with Crippen LogP contribution in [0.5, 0.6) is 5.75 Å². The maximum Gasteiger partial charge on any atom is 0.356 e. The molecule has 0 aliphatic heterocycles. The zero-order valence-corrected chi connectivity index (χ0v) is 10.6. The quantitative estimate of drug-likeness (QED) is 0.863. The van der Waals surface area contributed by atoms with Crippen LogP contribution in [0.25, 0.3) is 11.3 Å². The van der Waals surface area contributed by atoms with Crippen LogP contribution in [-0.4, -0.2) is 26.0 Å². The summed E-state index contributed by atoms with van der Waals surface area (Å²) in [6, 6.07) is 5.33. The number of phenols is 1. The molecular formula is C14H14N2O3. The number of phenolic OH excluding ortho intramolecular Hbond substituents is 1. The van der Waals surface area contributed by atoms with E-state index in [2.05, 4.69) is 5.10 Å². The van der Waals surface area contributed by atoms with Crippen LogP contribution in [0.4, 0.5) is 0 Å². The van der Waals surface area contributed by atoms with Crippen LogP contribution in [0.1, 0.15) is 28.0 Å². The highest BCUT2D eigenvalue weighted by atomic mass is 16.4. The first-order chi connectivity index (χ1) is 9.08. The van der Waals surface area contributed by atoms with Crippen LogP contribution >= 0.6 is 0 Å². The summed E-state index contributed by atoms with van der Waals surface area (Å²) in [7, 11) is 1.68. The van der Waals surface area contributed by atoms with E-state index < -0.39 is 5.97 Å². The number of aromatic carboxylic acids is 1. The van der Waals surface area contributed by atoms with Gasteiger partial charge < -0.3 is 10.2 Å². The molecule has 0 fully saturated rings. The van der Waals surface area contributed by atoms with Crippen molar-refractivity contribution >= 4 is 5.97 Å². The number of hydrogen-bond acceptors (Lipinski definition) is 3. The minimum atomic E-state index is -1.07. The van der Waals surface area contributed by atoms with Gasteiger partial charge in [0.1, 0.15) is 5.75 Å². The Labute approximate surface area is 110 Å². The third kappa shape index (κ3) is 1.78. The molecule has 0 spiro atoms. The van der Waals surface area contributed by atoms with Gasteiger partial charge in [0.25, 0.3) is 0 Å². The Kier molecular flexibility index (Phi) is 2.55. The predicted octanol–water partition coefficient (Wildman–Crippen LogP) is 1.98. The van der Waals surface area contributed by atoms with Gasteiger partial charge in [0.15, 0.2) is 5.69 Å². The molecule has 1 heterocycles. The average molecular weight is 258 g/mol. The van der Waals surface area contributed by atoms with Gasteiger partial charge in [-0.2, -0.15) is 5.10 Å². The van der Waals surface area contributed by atoms with E-state index in [9.17, 15) is 9.90 Å². The number of carboxylic acid groups (broad SMARTS) is 1. The first-order valence-corrected chi connectivity index (χ1v) is 6.19. The third-order valence-electron chi connectivity index (χ3n) is 3.63. The number of aromatic hydroxyl groups is 1. The highest BCUT2D eigenvalue weighted by Crippen LogP contribution is 2.38. The summed E-state index contributed by atoms with van der Waals surface area (Å²) in [5.74, 6) is -0.808. The van der Waals surface area contributed by atoms with E-state index in [1.165, 1.54) is 16.3 Å². The van der Waals surface area contributed by atoms with E-state index in [1.807, 2.05) is 12.1 Å². The fourth-order valence-electron chi connectivity index (χ4n) is 2.68. The first kappa shape index (κ1) is 11.8. The molecule has 5 heteroatoms. The van der Waals surface area contributed by atoms with Crippen molar-refractivity contribution in [2.24, 2.45) is 7.05 Å². The molecule has 0 bridgehead atoms. The molecule has 0 unspecified atom stereocenters. The average Bonchev–Trinajstić information content (AvgIpc) is 2.97. The zero-order chi connectivity index (χ0) is 13.6. The van der Waals surface area contributed by atoms with Gasteiger partial charge in [-0.15, -0.1) is 0 Å². The van der Waals surface area contributed by atoms with E-state index >= 15 is 0 Å². The Bertz CT molecular complexity index is 674. The van der Waals surface area contributed by atoms with Crippen LogP contribution < -0.4 is 0 Å². The molecule has 2 N–H and O–H groups in total. The van der Waals surface area contributed by atoms with Gasteiger partial charge in [-0.1, -0.05) is 6.07 Å². The summed E-state index contributed by atoms with van der Waals surface area (Å²) in [4.78, 5) is 10.9. The molecule has 1 aliphatic carbocycles. The summed E-state index contributed by atoms with van der Waals surface area (Å²) >= 11 is 0. The van der Waals surface area contributed by atoms with E-state index in [1.54, 1.807) is 7.05 Å². The second-order valence-electron chi connectivity index (χ2n) is 4.80. The van der Waals surface area contributed by atoms with Crippen molar-refractivity contribution in [3.8, 4) is 17.0 Å². The molecule has 0 saturated carbocycles. The summed E-state index contributed by atoms with van der Waals surface area (Å²) in [6.45, 7) is 0. The van der Waals surface area contributed by atoms with E-state index in [-0.39, 0.29) is 11.4 Å². The molecule has 0 amide bonds. The lowest BCUT2D eigenvalue weighted by molar-refractivity contribution is 0.0689. The number of hydrogen-bond donors (Lipinski definition) is 2. The lowest BCUT2D eigenvalue weighted by Gasteiger charge is -2.09. The number of aromatic nitrogens is 2. The molecule has 1 aliphatic rings. The van der Waals surface area contributed by atoms with Gasteiger partial charge in [-0.05, 0) is 42.5 Å². The fourth-order valence-corrected chi connectivity index (χ4v) is 2.68. The summed E-state index contributed by atoms with van der Waals surface area (Å²) in [5, 5.41) is 23.2. The van der Waals surface area contributed by atoms with E-state index in [0.717, 1.165) is 24.8 Å².